The van der Waals surface area contributed by atoms with Crippen LogP contribution in [0, 0.1) is 5.92 Å². The topological polar surface area (TPSA) is 46.6 Å². The van der Waals surface area contributed by atoms with E-state index in [2.05, 4.69) is 0 Å². The van der Waals surface area contributed by atoms with Crippen molar-refractivity contribution in [2.24, 2.45) is 5.92 Å². The standard InChI is InChI=1S/C13H13Cl2NO3/c1-19-13(18)10-3-2-9(15)5-11(10)16-7-8(6-14)4-12(16)17/h2-3,5,8H,4,6-7H2,1H3. The first kappa shape index (κ1) is 14.2. The summed E-state index contributed by atoms with van der Waals surface area (Å²) in [7, 11) is 1.30. The van der Waals surface area contributed by atoms with Crippen LogP contribution in [0.2, 0.25) is 5.02 Å². The molecule has 2 rings (SSSR count). The van der Waals surface area contributed by atoms with Crippen molar-refractivity contribution in [2.75, 3.05) is 24.4 Å². The molecule has 0 radical (unpaired) electrons. The number of hydrogen-bond acceptors (Lipinski definition) is 3. The molecule has 0 aromatic heterocycles. The highest BCUT2D eigenvalue weighted by Gasteiger charge is 2.32. The van der Waals surface area contributed by atoms with E-state index in [1.165, 1.54) is 7.11 Å². The monoisotopic (exact) mass is 301 g/mol. The van der Waals surface area contributed by atoms with E-state index in [1.807, 2.05) is 0 Å². The van der Waals surface area contributed by atoms with Crippen molar-refractivity contribution in [3.05, 3.63) is 28.8 Å². The third-order valence-electron chi connectivity index (χ3n) is 3.08. The van der Waals surface area contributed by atoms with Crippen LogP contribution in [0.3, 0.4) is 0 Å². The van der Waals surface area contributed by atoms with E-state index in [0.717, 1.165) is 0 Å². The quantitative estimate of drug-likeness (QED) is 0.637. The fraction of sp³-hybridized carbons (Fsp3) is 0.385. The van der Waals surface area contributed by atoms with Crippen molar-refractivity contribution < 1.29 is 14.3 Å². The molecule has 1 aromatic carbocycles. The van der Waals surface area contributed by atoms with Gasteiger partial charge < -0.3 is 9.64 Å². The summed E-state index contributed by atoms with van der Waals surface area (Å²) in [5, 5.41) is 0.463. The van der Waals surface area contributed by atoms with Gasteiger partial charge in [0.05, 0.1) is 18.4 Å². The lowest BCUT2D eigenvalue weighted by atomic mass is 10.1. The van der Waals surface area contributed by atoms with Crippen LogP contribution in [0.5, 0.6) is 0 Å². The van der Waals surface area contributed by atoms with E-state index in [9.17, 15) is 9.59 Å². The molecule has 1 aromatic rings. The number of alkyl halides is 1. The van der Waals surface area contributed by atoms with E-state index in [-0.39, 0.29) is 11.8 Å². The highest BCUT2D eigenvalue weighted by molar-refractivity contribution is 6.31. The van der Waals surface area contributed by atoms with Crippen LogP contribution < -0.4 is 4.90 Å². The fourth-order valence-electron chi connectivity index (χ4n) is 2.13. The lowest BCUT2D eigenvalue weighted by Crippen LogP contribution is -2.27. The number of rotatable bonds is 3. The van der Waals surface area contributed by atoms with Gasteiger partial charge in [-0.1, -0.05) is 11.6 Å². The third-order valence-corrected chi connectivity index (χ3v) is 3.75. The number of benzene rings is 1. The van der Waals surface area contributed by atoms with Crippen molar-refractivity contribution in [3.8, 4) is 0 Å². The lowest BCUT2D eigenvalue weighted by Gasteiger charge is -2.19. The van der Waals surface area contributed by atoms with Gasteiger partial charge in [0.1, 0.15) is 0 Å². The number of carbonyl (C=O) groups is 2. The molecule has 1 aliphatic heterocycles. The van der Waals surface area contributed by atoms with Gasteiger partial charge in [0.2, 0.25) is 5.91 Å². The number of anilines is 1. The summed E-state index contributed by atoms with van der Waals surface area (Å²) >= 11 is 11.7. The van der Waals surface area contributed by atoms with Crippen molar-refractivity contribution in [1.29, 1.82) is 0 Å². The molecule has 1 amide bonds. The highest BCUT2D eigenvalue weighted by atomic mass is 35.5. The Hall–Kier alpha value is -1.26. The summed E-state index contributed by atoms with van der Waals surface area (Å²) in [6.07, 6.45) is 0.386. The Labute approximate surface area is 121 Å². The molecule has 102 valence electrons. The molecule has 0 saturated carbocycles. The van der Waals surface area contributed by atoms with Gasteiger partial charge in [0.25, 0.3) is 0 Å². The second-order valence-corrected chi connectivity index (χ2v) is 5.13. The molecule has 0 N–H and O–H groups in total. The van der Waals surface area contributed by atoms with E-state index in [1.54, 1.807) is 23.1 Å². The molecule has 1 unspecified atom stereocenters. The van der Waals surface area contributed by atoms with Gasteiger partial charge in [-0.25, -0.2) is 4.79 Å². The smallest absolute Gasteiger partial charge is 0.339 e. The van der Waals surface area contributed by atoms with Gasteiger partial charge >= 0.3 is 5.97 Å². The summed E-state index contributed by atoms with van der Waals surface area (Å²) in [6, 6.07) is 4.75. The summed E-state index contributed by atoms with van der Waals surface area (Å²) in [6.45, 7) is 0.493. The summed E-state index contributed by atoms with van der Waals surface area (Å²) in [5.41, 5.74) is 0.812. The van der Waals surface area contributed by atoms with E-state index >= 15 is 0 Å². The SMILES string of the molecule is COC(=O)c1ccc(Cl)cc1N1CC(CCl)CC1=O. The molecule has 19 heavy (non-hydrogen) atoms. The fourth-order valence-corrected chi connectivity index (χ4v) is 2.50. The van der Waals surface area contributed by atoms with Gasteiger partial charge in [-0.15, -0.1) is 11.6 Å². The second kappa shape index (κ2) is 5.80. The summed E-state index contributed by atoms with van der Waals surface area (Å²) in [4.78, 5) is 25.3. The highest BCUT2D eigenvalue weighted by Crippen LogP contribution is 2.31. The molecule has 6 heteroatoms. The molecule has 0 bridgehead atoms. The predicted octanol–water partition coefficient (Wildman–Crippen LogP) is 2.72. The van der Waals surface area contributed by atoms with E-state index in [4.69, 9.17) is 27.9 Å². The first-order valence-corrected chi connectivity index (χ1v) is 6.72. The molecule has 1 atom stereocenters. The van der Waals surface area contributed by atoms with Crippen LogP contribution in [0.1, 0.15) is 16.8 Å². The first-order valence-electron chi connectivity index (χ1n) is 5.81. The Balaban J connectivity index is 2.41. The number of nitrogens with zero attached hydrogens (tertiary/aromatic N) is 1. The molecule has 1 aliphatic rings. The van der Waals surface area contributed by atoms with Crippen molar-refractivity contribution in [1.82, 2.24) is 0 Å². The zero-order chi connectivity index (χ0) is 14.0. The maximum absolute atomic E-state index is 12.0. The van der Waals surface area contributed by atoms with Crippen molar-refractivity contribution in [2.45, 2.75) is 6.42 Å². The first-order chi connectivity index (χ1) is 9.06. The van der Waals surface area contributed by atoms with E-state index < -0.39 is 5.97 Å². The molecular formula is C13H13Cl2NO3. The third kappa shape index (κ3) is 2.85. The van der Waals surface area contributed by atoms with Crippen LogP contribution in [-0.2, 0) is 9.53 Å². The summed E-state index contributed by atoms with van der Waals surface area (Å²) < 4.78 is 4.72. The lowest BCUT2D eigenvalue weighted by molar-refractivity contribution is -0.117. The van der Waals surface area contributed by atoms with E-state index in [0.29, 0.717) is 35.1 Å². The maximum atomic E-state index is 12.0. The van der Waals surface area contributed by atoms with Crippen molar-refractivity contribution >= 4 is 40.8 Å². The Bertz CT molecular complexity index is 519. The van der Waals surface area contributed by atoms with Gasteiger partial charge in [-0.3, -0.25) is 4.79 Å². The van der Waals surface area contributed by atoms with Crippen LogP contribution >= 0.6 is 23.2 Å². The summed E-state index contributed by atoms with van der Waals surface area (Å²) in [5.74, 6) is -0.0402. The Morgan fingerprint density at radius 2 is 2.26 bits per heavy atom. The average Bonchev–Trinajstić information content (AvgIpc) is 2.79. The number of carbonyl (C=O) groups excluding carboxylic acids is 2. The molecule has 0 spiro atoms. The number of halogens is 2. The van der Waals surface area contributed by atoms with Crippen molar-refractivity contribution in [3.63, 3.8) is 0 Å². The molecule has 0 aliphatic carbocycles. The normalized spacial score (nSPS) is 18.8. The Morgan fingerprint density at radius 3 is 2.84 bits per heavy atom. The molecule has 1 heterocycles. The zero-order valence-corrected chi connectivity index (χ0v) is 11.9. The van der Waals surface area contributed by atoms with Gasteiger partial charge in [0, 0.05) is 23.9 Å². The van der Waals surface area contributed by atoms with Crippen LogP contribution in [0.15, 0.2) is 18.2 Å². The minimum absolute atomic E-state index is 0.0573. The van der Waals surface area contributed by atoms with Crippen LogP contribution in [-0.4, -0.2) is 31.4 Å². The molecular weight excluding hydrogens is 289 g/mol. The Morgan fingerprint density at radius 1 is 1.53 bits per heavy atom. The number of ether oxygens (including phenoxy) is 1. The molecule has 1 fully saturated rings. The van der Waals surface area contributed by atoms with Gasteiger partial charge in [0.15, 0.2) is 0 Å². The zero-order valence-electron chi connectivity index (χ0n) is 10.4. The number of amides is 1. The van der Waals surface area contributed by atoms with Crippen LogP contribution in [0.4, 0.5) is 5.69 Å². The maximum Gasteiger partial charge on any atom is 0.339 e. The van der Waals surface area contributed by atoms with Crippen LogP contribution in [0.25, 0.3) is 0 Å². The molecule has 4 nitrogen and oxygen atoms in total. The number of hydrogen-bond donors (Lipinski definition) is 0. The van der Waals surface area contributed by atoms with Gasteiger partial charge in [-0.05, 0) is 24.1 Å². The minimum atomic E-state index is -0.492. The van der Waals surface area contributed by atoms with Gasteiger partial charge in [-0.2, -0.15) is 0 Å². The average molecular weight is 302 g/mol. The number of methoxy groups -OCH3 is 1. The predicted molar refractivity (Wildman–Crippen MR) is 74.0 cm³/mol. The largest absolute Gasteiger partial charge is 0.465 e. The number of esters is 1. The Kier molecular flexibility index (Phi) is 4.32. The second-order valence-electron chi connectivity index (χ2n) is 4.38. The minimum Gasteiger partial charge on any atom is -0.465 e. The molecule has 1 saturated heterocycles.